The Labute approximate surface area is 130 Å². The minimum absolute atomic E-state index is 0.652. The molecule has 0 atom stereocenters. The molecule has 3 nitrogen and oxygen atoms in total. The van der Waals surface area contributed by atoms with Gasteiger partial charge >= 0.3 is 0 Å². The van der Waals surface area contributed by atoms with E-state index in [-0.39, 0.29) is 0 Å². The normalized spacial score (nSPS) is 13.1. The number of aromatic nitrogens is 2. The SMILES string of the molecule is Cc1ccc2c(c1)C(c1ccccc1)=NCc1cnc(C)n1-2. The summed E-state index contributed by atoms with van der Waals surface area (Å²) in [7, 11) is 0. The molecule has 4 rings (SSSR count). The molecule has 0 amide bonds. The third-order valence-corrected chi connectivity index (χ3v) is 4.11. The van der Waals surface area contributed by atoms with Crippen molar-refractivity contribution >= 4 is 5.71 Å². The van der Waals surface area contributed by atoms with Crippen molar-refractivity contribution in [3.8, 4) is 5.69 Å². The second-order valence-corrected chi connectivity index (χ2v) is 5.68. The summed E-state index contributed by atoms with van der Waals surface area (Å²) in [5.41, 5.74) is 6.92. The fourth-order valence-electron chi connectivity index (χ4n) is 3.05. The highest BCUT2D eigenvalue weighted by Crippen LogP contribution is 2.27. The molecule has 3 aromatic rings. The van der Waals surface area contributed by atoms with Gasteiger partial charge in [0, 0.05) is 11.1 Å². The number of hydrogen-bond donors (Lipinski definition) is 0. The maximum absolute atomic E-state index is 4.89. The summed E-state index contributed by atoms with van der Waals surface area (Å²) in [5, 5.41) is 0. The van der Waals surface area contributed by atoms with Gasteiger partial charge in [0.05, 0.1) is 29.8 Å². The van der Waals surface area contributed by atoms with Crippen molar-refractivity contribution in [1.29, 1.82) is 0 Å². The molecular formula is C19H17N3. The zero-order valence-corrected chi connectivity index (χ0v) is 12.7. The van der Waals surface area contributed by atoms with Crippen LogP contribution in [0.3, 0.4) is 0 Å². The fraction of sp³-hybridized carbons (Fsp3) is 0.158. The van der Waals surface area contributed by atoms with E-state index in [2.05, 4.69) is 58.9 Å². The number of fused-ring (bicyclic) bond motifs is 3. The van der Waals surface area contributed by atoms with Crippen molar-refractivity contribution in [3.05, 3.63) is 82.9 Å². The summed E-state index contributed by atoms with van der Waals surface area (Å²) in [5.74, 6) is 1.00. The number of imidazole rings is 1. The van der Waals surface area contributed by atoms with Crippen molar-refractivity contribution in [3.63, 3.8) is 0 Å². The van der Waals surface area contributed by atoms with E-state index in [1.807, 2.05) is 19.2 Å². The van der Waals surface area contributed by atoms with Gasteiger partial charge in [-0.3, -0.25) is 9.56 Å². The average molecular weight is 287 g/mol. The number of benzene rings is 2. The van der Waals surface area contributed by atoms with Gasteiger partial charge in [-0.15, -0.1) is 0 Å². The Kier molecular flexibility index (Phi) is 2.93. The lowest BCUT2D eigenvalue weighted by atomic mass is 9.99. The summed E-state index contributed by atoms with van der Waals surface area (Å²) in [4.78, 5) is 9.34. The van der Waals surface area contributed by atoms with Gasteiger partial charge in [0.15, 0.2) is 0 Å². The zero-order valence-electron chi connectivity index (χ0n) is 12.7. The van der Waals surface area contributed by atoms with Crippen LogP contribution < -0.4 is 0 Å². The standard InChI is InChI=1S/C19H17N3/c1-13-8-9-18-17(10-13)19(15-6-4-3-5-7-15)21-12-16-11-20-14(2)22(16)18/h3-11H,12H2,1-2H3. The van der Waals surface area contributed by atoms with E-state index in [0.29, 0.717) is 6.54 Å². The second kappa shape index (κ2) is 4.95. The number of rotatable bonds is 1. The fourth-order valence-corrected chi connectivity index (χ4v) is 3.05. The van der Waals surface area contributed by atoms with Gasteiger partial charge in [-0.25, -0.2) is 4.98 Å². The first-order valence-corrected chi connectivity index (χ1v) is 7.48. The lowest BCUT2D eigenvalue weighted by Gasteiger charge is -2.14. The zero-order chi connectivity index (χ0) is 15.1. The van der Waals surface area contributed by atoms with E-state index in [9.17, 15) is 0 Å². The van der Waals surface area contributed by atoms with Gasteiger partial charge in [-0.1, -0.05) is 42.0 Å². The molecule has 1 aliphatic heterocycles. The summed E-state index contributed by atoms with van der Waals surface area (Å²) < 4.78 is 2.22. The van der Waals surface area contributed by atoms with Crippen LogP contribution in [0.25, 0.3) is 5.69 Å². The Morgan fingerprint density at radius 1 is 1.00 bits per heavy atom. The van der Waals surface area contributed by atoms with E-state index >= 15 is 0 Å². The monoisotopic (exact) mass is 287 g/mol. The van der Waals surface area contributed by atoms with Gasteiger partial charge in [0.1, 0.15) is 5.82 Å². The Hall–Kier alpha value is -2.68. The highest BCUT2D eigenvalue weighted by molar-refractivity contribution is 6.15. The van der Waals surface area contributed by atoms with Crippen molar-refractivity contribution in [2.75, 3.05) is 0 Å². The van der Waals surface area contributed by atoms with Gasteiger partial charge < -0.3 is 0 Å². The number of aryl methyl sites for hydroxylation is 2. The van der Waals surface area contributed by atoms with E-state index < -0.39 is 0 Å². The molecule has 1 aliphatic rings. The lowest BCUT2D eigenvalue weighted by Crippen LogP contribution is -2.08. The van der Waals surface area contributed by atoms with Crippen molar-refractivity contribution in [2.24, 2.45) is 4.99 Å². The Morgan fingerprint density at radius 2 is 1.82 bits per heavy atom. The molecule has 2 heterocycles. The molecule has 0 unspecified atom stereocenters. The van der Waals surface area contributed by atoms with Crippen LogP contribution in [0, 0.1) is 13.8 Å². The molecule has 2 aromatic carbocycles. The largest absolute Gasteiger partial charge is 0.298 e. The molecule has 22 heavy (non-hydrogen) atoms. The predicted molar refractivity (Wildman–Crippen MR) is 88.8 cm³/mol. The molecule has 0 bridgehead atoms. The van der Waals surface area contributed by atoms with Crippen LogP contribution in [0.1, 0.15) is 28.2 Å². The predicted octanol–water partition coefficient (Wildman–Crippen LogP) is 3.84. The molecule has 0 aliphatic carbocycles. The molecular weight excluding hydrogens is 270 g/mol. The highest BCUT2D eigenvalue weighted by Gasteiger charge is 2.20. The van der Waals surface area contributed by atoms with E-state index in [1.54, 1.807) is 0 Å². The lowest BCUT2D eigenvalue weighted by molar-refractivity contribution is 0.889. The van der Waals surface area contributed by atoms with Crippen LogP contribution in [0.5, 0.6) is 0 Å². The van der Waals surface area contributed by atoms with Crippen molar-refractivity contribution < 1.29 is 0 Å². The van der Waals surface area contributed by atoms with E-state index in [0.717, 1.165) is 28.5 Å². The Balaban J connectivity index is 2.01. The third-order valence-electron chi connectivity index (χ3n) is 4.11. The second-order valence-electron chi connectivity index (χ2n) is 5.68. The molecule has 0 fully saturated rings. The first-order chi connectivity index (χ1) is 10.7. The molecule has 1 aromatic heterocycles. The number of nitrogens with zero attached hydrogens (tertiary/aromatic N) is 3. The third kappa shape index (κ3) is 1.98. The smallest absolute Gasteiger partial charge is 0.110 e. The molecule has 0 saturated heterocycles. The molecule has 108 valence electrons. The maximum atomic E-state index is 4.89. The first kappa shape index (κ1) is 13.0. The van der Waals surface area contributed by atoms with Gasteiger partial charge in [0.25, 0.3) is 0 Å². The van der Waals surface area contributed by atoms with Crippen LogP contribution >= 0.6 is 0 Å². The number of hydrogen-bond acceptors (Lipinski definition) is 2. The maximum Gasteiger partial charge on any atom is 0.110 e. The van der Waals surface area contributed by atoms with E-state index in [1.165, 1.54) is 11.1 Å². The van der Waals surface area contributed by atoms with Gasteiger partial charge in [0.2, 0.25) is 0 Å². The Morgan fingerprint density at radius 3 is 2.64 bits per heavy atom. The van der Waals surface area contributed by atoms with Gasteiger partial charge in [-0.05, 0) is 26.0 Å². The van der Waals surface area contributed by atoms with Crippen LogP contribution in [-0.4, -0.2) is 15.3 Å². The average Bonchev–Trinajstić information content (AvgIpc) is 2.82. The minimum atomic E-state index is 0.652. The topological polar surface area (TPSA) is 30.2 Å². The molecule has 3 heteroatoms. The number of aliphatic imine (C=N–C) groups is 1. The Bertz CT molecular complexity index is 873. The summed E-state index contributed by atoms with van der Waals surface area (Å²) in [6.07, 6.45) is 1.93. The van der Waals surface area contributed by atoms with Crippen LogP contribution in [-0.2, 0) is 6.54 Å². The molecule has 0 radical (unpaired) electrons. The van der Waals surface area contributed by atoms with Crippen molar-refractivity contribution in [1.82, 2.24) is 9.55 Å². The van der Waals surface area contributed by atoms with Crippen LogP contribution in [0.4, 0.5) is 0 Å². The first-order valence-electron chi connectivity index (χ1n) is 7.48. The minimum Gasteiger partial charge on any atom is -0.298 e. The molecule has 0 spiro atoms. The van der Waals surface area contributed by atoms with Crippen LogP contribution in [0.15, 0.2) is 59.7 Å². The molecule has 0 N–H and O–H groups in total. The summed E-state index contributed by atoms with van der Waals surface area (Å²) in [6.45, 7) is 4.81. The highest BCUT2D eigenvalue weighted by atomic mass is 15.1. The molecule has 0 saturated carbocycles. The summed E-state index contributed by atoms with van der Waals surface area (Å²) in [6, 6.07) is 16.9. The van der Waals surface area contributed by atoms with Gasteiger partial charge in [-0.2, -0.15) is 0 Å². The van der Waals surface area contributed by atoms with Crippen molar-refractivity contribution in [2.45, 2.75) is 20.4 Å². The quantitative estimate of drug-likeness (QED) is 0.669. The van der Waals surface area contributed by atoms with Crippen LogP contribution in [0.2, 0.25) is 0 Å². The summed E-state index contributed by atoms with van der Waals surface area (Å²) >= 11 is 0. The van der Waals surface area contributed by atoms with E-state index in [4.69, 9.17) is 4.99 Å².